The normalized spacial score (nSPS) is 11.7. The van der Waals surface area contributed by atoms with Crippen LogP contribution in [-0.4, -0.2) is 0 Å². The van der Waals surface area contributed by atoms with Crippen molar-refractivity contribution in [1.82, 2.24) is 0 Å². The molecule has 0 aliphatic carbocycles. The van der Waals surface area contributed by atoms with Gasteiger partial charge in [0.15, 0.2) is 0 Å². The molecule has 1 aromatic rings. The van der Waals surface area contributed by atoms with Gasteiger partial charge in [-0.2, -0.15) is 0 Å². The molecular weight excluding hydrogens is 158 g/mol. The van der Waals surface area contributed by atoms with Crippen molar-refractivity contribution in [3.05, 3.63) is 35.9 Å². The number of hydrogen-bond acceptors (Lipinski definition) is 1. The molecule has 0 fully saturated rings. The number of allylic oxidation sites excluding steroid dienone is 2. The molecule has 0 aliphatic heterocycles. The summed E-state index contributed by atoms with van der Waals surface area (Å²) in [6.07, 6.45) is 4.55. The van der Waals surface area contributed by atoms with E-state index in [0.29, 0.717) is 0 Å². The zero-order valence-electron chi connectivity index (χ0n) is 8.38. The topological polar surface area (TPSA) is 26.0 Å². The van der Waals surface area contributed by atoms with Crippen LogP contribution in [0, 0.1) is 0 Å². The van der Waals surface area contributed by atoms with Crippen LogP contribution in [0.1, 0.15) is 32.3 Å². The first-order valence-corrected chi connectivity index (χ1v) is 4.77. The van der Waals surface area contributed by atoms with Gasteiger partial charge in [0.05, 0.1) is 0 Å². The molecule has 0 aliphatic rings. The zero-order valence-corrected chi connectivity index (χ0v) is 8.38. The maximum Gasteiger partial charge on any atom is 0.0390 e. The van der Waals surface area contributed by atoms with Crippen molar-refractivity contribution in [3.63, 3.8) is 0 Å². The molecule has 0 bridgehead atoms. The molecule has 0 amide bonds. The second-order valence-corrected chi connectivity index (χ2v) is 3.26. The third-order valence-electron chi connectivity index (χ3n) is 2.12. The average Bonchev–Trinajstić information content (AvgIpc) is 2.15. The first kappa shape index (κ1) is 9.85. The van der Waals surface area contributed by atoms with Gasteiger partial charge in [-0.1, -0.05) is 37.6 Å². The molecule has 0 unspecified atom stereocenters. The maximum atomic E-state index is 5.85. The Bertz CT molecular complexity index is 300. The number of nitrogens with two attached hydrogens (primary N) is 1. The molecule has 1 nitrogen and oxygen atoms in total. The van der Waals surface area contributed by atoms with Gasteiger partial charge in [-0.25, -0.2) is 0 Å². The van der Waals surface area contributed by atoms with E-state index in [9.17, 15) is 0 Å². The Morgan fingerprint density at radius 3 is 2.69 bits per heavy atom. The van der Waals surface area contributed by atoms with Crippen LogP contribution < -0.4 is 5.73 Å². The van der Waals surface area contributed by atoms with Gasteiger partial charge in [-0.3, -0.25) is 0 Å². The van der Waals surface area contributed by atoms with Crippen LogP contribution in [0.5, 0.6) is 0 Å². The van der Waals surface area contributed by atoms with Gasteiger partial charge in [0.25, 0.3) is 0 Å². The van der Waals surface area contributed by atoms with Gasteiger partial charge in [-0.05, 0) is 30.5 Å². The summed E-state index contributed by atoms with van der Waals surface area (Å²) in [5, 5.41) is 0. The Kier molecular flexibility index (Phi) is 3.56. The van der Waals surface area contributed by atoms with E-state index >= 15 is 0 Å². The first-order chi connectivity index (χ1) is 6.25. The van der Waals surface area contributed by atoms with E-state index in [1.165, 1.54) is 12.0 Å². The predicted octanol–water partition coefficient (Wildman–Crippen LogP) is 3.47. The van der Waals surface area contributed by atoms with Crippen LogP contribution in [0.25, 0.3) is 5.57 Å². The molecule has 1 aromatic carbocycles. The van der Waals surface area contributed by atoms with E-state index < -0.39 is 0 Å². The summed E-state index contributed by atoms with van der Waals surface area (Å²) in [4.78, 5) is 0. The number of nitrogen functional groups attached to an aromatic ring is 1. The molecule has 0 spiro atoms. The lowest BCUT2D eigenvalue weighted by molar-refractivity contribution is 0.959. The highest BCUT2D eigenvalue weighted by Gasteiger charge is 1.98. The molecule has 0 heterocycles. The summed E-state index contributed by atoms with van der Waals surface area (Å²) in [6, 6.07) is 8.00. The Morgan fingerprint density at radius 2 is 2.08 bits per heavy atom. The number of benzene rings is 1. The summed E-state index contributed by atoms with van der Waals surface area (Å²) in [7, 11) is 0. The lowest BCUT2D eigenvalue weighted by Gasteiger charge is -2.04. The van der Waals surface area contributed by atoms with Crippen molar-refractivity contribution in [3.8, 4) is 0 Å². The summed E-state index contributed by atoms with van der Waals surface area (Å²) < 4.78 is 0. The first-order valence-electron chi connectivity index (χ1n) is 4.77. The van der Waals surface area contributed by atoms with Crippen LogP contribution in [0.2, 0.25) is 0 Å². The number of hydrogen-bond donors (Lipinski definition) is 1. The van der Waals surface area contributed by atoms with Gasteiger partial charge < -0.3 is 5.73 Å². The summed E-state index contributed by atoms with van der Waals surface area (Å²) in [5.74, 6) is 0. The Balaban J connectivity index is 2.88. The SMILES string of the molecule is CCC/C=C(/C)c1ccccc1N. The fraction of sp³-hybridized carbons (Fsp3) is 0.333. The number of anilines is 1. The van der Waals surface area contributed by atoms with Gasteiger partial charge in [0, 0.05) is 5.69 Å². The monoisotopic (exact) mass is 175 g/mol. The van der Waals surface area contributed by atoms with Crippen molar-refractivity contribution in [2.75, 3.05) is 5.73 Å². The third kappa shape index (κ3) is 2.62. The molecule has 0 saturated carbocycles. The molecule has 0 saturated heterocycles. The van der Waals surface area contributed by atoms with Gasteiger partial charge in [0.1, 0.15) is 0 Å². The Hall–Kier alpha value is -1.24. The lowest BCUT2D eigenvalue weighted by Crippen LogP contribution is -1.90. The maximum absolute atomic E-state index is 5.85. The molecule has 1 rings (SSSR count). The van der Waals surface area contributed by atoms with Crippen LogP contribution in [-0.2, 0) is 0 Å². The molecule has 0 aromatic heterocycles. The van der Waals surface area contributed by atoms with E-state index in [4.69, 9.17) is 5.73 Å². The van der Waals surface area contributed by atoms with Crippen molar-refractivity contribution < 1.29 is 0 Å². The second kappa shape index (κ2) is 4.70. The average molecular weight is 175 g/mol. The van der Waals surface area contributed by atoms with Crippen LogP contribution in [0.15, 0.2) is 30.3 Å². The fourth-order valence-corrected chi connectivity index (χ4v) is 1.33. The molecular formula is C12H17N. The van der Waals surface area contributed by atoms with Gasteiger partial charge >= 0.3 is 0 Å². The van der Waals surface area contributed by atoms with E-state index in [-0.39, 0.29) is 0 Å². The minimum atomic E-state index is 0.868. The predicted molar refractivity (Wildman–Crippen MR) is 59.4 cm³/mol. The van der Waals surface area contributed by atoms with Crippen LogP contribution in [0.4, 0.5) is 5.69 Å². The van der Waals surface area contributed by atoms with Crippen molar-refractivity contribution in [2.45, 2.75) is 26.7 Å². The molecule has 2 N–H and O–H groups in total. The van der Waals surface area contributed by atoms with E-state index in [1.54, 1.807) is 0 Å². The standard InChI is InChI=1S/C12H17N/c1-3-4-7-10(2)11-8-5-6-9-12(11)13/h5-9H,3-4,13H2,1-2H3/b10-7-. The van der Waals surface area contributed by atoms with Crippen LogP contribution in [0.3, 0.4) is 0 Å². The van der Waals surface area contributed by atoms with E-state index in [2.05, 4.69) is 26.0 Å². The summed E-state index contributed by atoms with van der Waals surface area (Å²) in [5.41, 5.74) is 9.16. The van der Waals surface area contributed by atoms with Crippen molar-refractivity contribution >= 4 is 11.3 Å². The molecule has 0 atom stereocenters. The number of unbranched alkanes of at least 4 members (excludes halogenated alkanes) is 1. The second-order valence-electron chi connectivity index (χ2n) is 3.26. The quantitative estimate of drug-likeness (QED) is 0.699. The minimum Gasteiger partial charge on any atom is -0.398 e. The van der Waals surface area contributed by atoms with E-state index in [0.717, 1.165) is 17.7 Å². The highest BCUT2D eigenvalue weighted by Crippen LogP contribution is 2.20. The Morgan fingerprint density at radius 1 is 1.38 bits per heavy atom. The molecule has 1 heteroatoms. The smallest absolute Gasteiger partial charge is 0.0390 e. The highest BCUT2D eigenvalue weighted by atomic mass is 14.6. The summed E-state index contributed by atoms with van der Waals surface area (Å²) in [6.45, 7) is 4.29. The molecule has 70 valence electrons. The van der Waals surface area contributed by atoms with Gasteiger partial charge in [-0.15, -0.1) is 0 Å². The molecule has 13 heavy (non-hydrogen) atoms. The van der Waals surface area contributed by atoms with Crippen molar-refractivity contribution in [1.29, 1.82) is 0 Å². The lowest BCUT2D eigenvalue weighted by atomic mass is 10.0. The Labute approximate surface area is 80.3 Å². The number of rotatable bonds is 3. The zero-order chi connectivity index (χ0) is 9.68. The van der Waals surface area contributed by atoms with E-state index in [1.807, 2.05) is 18.2 Å². The summed E-state index contributed by atoms with van der Waals surface area (Å²) >= 11 is 0. The highest BCUT2D eigenvalue weighted by molar-refractivity contribution is 5.73. The number of para-hydroxylation sites is 1. The third-order valence-corrected chi connectivity index (χ3v) is 2.12. The van der Waals surface area contributed by atoms with Crippen molar-refractivity contribution in [2.24, 2.45) is 0 Å². The minimum absolute atomic E-state index is 0.868. The van der Waals surface area contributed by atoms with Gasteiger partial charge in [0.2, 0.25) is 0 Å². The fourth-order valence-electron chi connectivity index (χ4n) is 1.33. The molecule has 0 radical (unpaired) electrons. The largest absolute Gasteiger partial charge is 0.398 e. The van der Waals surface area contributed by atoms with Crippen LogP contribution >= 0.6 is 0 Å².